The fourth-order valence-electron chi connectivity index (χ4n) is 3.13. The average Bonchev–Trinajstić information content (AvgIpc) is 2.80. The molecule has 3 aromatic rings. The van der Waals surface area contributed by atoms with Crippen LogP contribution < -0.4 is 15.0 Å². The Hall–Kier alpha value is -3.45. The molecule has 1 aliphatic rings. The number of nitrogens with zero attached hydrogens (tertiary/aromatic N) is 2. The monoisotopic (exact) mass is 407 g/mol. The Kier molecular flexibility index (Phi) is 6.20. The van der Waals surface area contributed by atoms with Crippen molar-refractivity contribution in [2.24, 2.45) is 0 Å². The number of pyridine rings is 1. The van der Waals surface area contributed by atoms with Gasteiger partial charge < -0.3 is 19.7 Å². The minimum absolute atomic E-state index is 0.270. The Morgan fingerprint density at radius 1 is 1.10 bits per heavy atom. The zero-order chi connectivity index (χ0) is 20.8. The van der Waals surface area contributed by atoms with Crippen LogP contribution in [0.4, 0.5) is 15.9 Å². The second kappa shape index (κ2) is 9.37. The topological polar surface area (TPSA) is 63.7 Å². The Labute approximate surface area is 174 Å². The highest BCUT2D eigenvalue weighted by molar-refractivity contribution is 6.04. The summed E-state index contributed by atoms with van der Waals surface area (Å²) in [6, 6.07) is 16.7. The van der Waals surface area contributed by atoms with Crippen molar-refractivity contribution in [3.8, 4) is 5.75 Å². The number of carbonyl (C=O) groups excluding carboxylic acids is 1. The summed E-state index contributed by atoms with van der Waals surface area (Å²) < 4.78 is 24.1. The molecule has 1 aromatic heterocycles. The first-order valence-corrected chi connectivity index (χ1v) is 9.75. The van der Waals surface area contributed by atoms with E-state index >= 15 is 0 Å². The second-order valence-electron chi connectivity index (χ2n) is 6.90. The summed E-state index contributed by atoms with van der Waals surface area (Å²) in [5, 5.41) is 2.81. The molecule has 0 bridgehead atoms. The maximum atomic E-state index is 13.0. The van der Waals surface area contributed by atoms with E-state index in [-0.39, 0.29) is 18.3 Å². The smallest absolute Gasteiger partial charge is 0.256 e. The van der Waals surface area contributed by atoms with Crippen LogP contribution in [0.25, 0.3) is 0 Å². The van der Waals surface area contributed by atoms with Crippen LogP contribution in [0.5, 0.6) is 5.75 Å². The van der Waals surface area contributed by atoms with Gasteiger partial charge in [0.25, 0.3) is 5.91 Å². The number of anilines is 2. The highest BCUT2D eigenvalue weighted by atomic mass is 19.1. The maximum absolute atomic E-state index is 13.0. The number of nitrogens with one attached hydrogen (secondary N) is 1. The highest BCUT2D eigenvalue weighted by Gasteiger charge is 2.12. The zero-order valence-electron chi connectivity index (χ0n) is 16.4. The third-order valence-electron chi connectivity index (χ3n) is 4.78. The van der Waals surface area contributed by atoms with Crippen LogP contribution >= 0.6 is 0 Å². The molecule has 0 spiro atoms. The summed E-state index contributed by atoms with van der Waals surface area (Å²) in [5.41, 5.74) is 2.31. The van der Waals surface area contributed by atoms with Gasteiger partial charge in [-0.25, -0.2) is 9.37 Å². The fourth-order valence-corrected chi connectivity index (χ4v) is 3.13. The molecule has 1 fully saturated rings. The molecule has 0 radical (unpaired) electrons. The number of rotatable bonds is 6. The lowest BCUT2D eigenvalue weighted by Gasteiger charge is -2.28. The van der Waals surface area contributed by atoms with Crippen LogP contribution in [-0.4, -0.2) is 37.2 Å². The fraction of sp³-hybridized carbons (Fsp3) is 0.217. The molecule has 7 heteroatoms. The van der Waals surface area contributed by atoms with Gasteiger partial charge in [0.15, 0.2) is 0 Å². The molecule has 0 saturated carbocycles. The molecule has 0 aliphatic carbocycles. The van der Waals surface area contributed by atoms with Crippen LogP contribution in [0.3, 0.4) is 0 Å². The molecule has 0 unspecified atom stereocenters. The van der Waals surface area contributed by atoms with E-state index in [0.717, 1.165) is 24.3 Å². The Balaban J connectivity index is 1.36. The van der Waals surface area contributed by atoms with Crippen molar-refractivity contribution in [3.05, 3.63) is 83.8 Å². The van der Waals surface area contributed by atoms with E-state index in [0.29, 0.717) is 30.3 Å². The van der Waals surface area contributed by atoms with Gasteiger partial charge in [0.05, 0.1) is 25.1 Å². The minimum Gasteiger partial charge on any atom is -0.489 e. The van der Waals surface area contributed by atoms with Crippen LogP contribution in [-0.2, 0) is 11.3 Å². The van der Waals surface area contributed by atoms with E-state index in [1.165, 1.54) is 12.1 Å². The summed E-state index contributed by atoms with van der Waals surface area (Å²) in [6.45, 7) is 3.36. The van der Waals surface area contributed by atoms with Crippen molar-refractivity contribution in [1.82, 2.24) is 4.98 Å². The molecule has 1 saturated heterocycles. The molecule has 1 N–H and O–H groups in total. The standard InChI is InChI=1S/C23H22FN3O3/c24-19-6-4-17(5-7-19)16-30-21-3-1-2-18(14-21)23(28)26-22-9-8-20(15-25-22)27-10-12-29-13-11-27/h1-9,14-15H,10-13,16H2,(H,25,26,28). The summed E-state index contributed by atoms with van der Waals surface area (Å²) in [4.78, 5) is 19.1. The average molecular weight is 407 g/mol. The number of carbonyl (C=O) groups is 1. The van der Waals surface area contributed by atoms with Crippen molar-refractivity contribution >= 4 is 17.4 Å². The Morgan fingerprint density at radius 3 is 2.63 bits per heavy atom. The molecule has 0 atom stereocenters. The molecule has 1 amide bonds. The third-order valence-corrected chi connectivity index (χ3v) is 4.78. The summed E-state index contributed by atoms with van der Waals surface area (Å²) in [6.07, 6.45) is 1.75. The lowest BCUT2D eigenvalue weighted by molar-refractivity contribution is 0.102. The van der Waals surface area contributed by atoms with E-state index in [9.17, 15) is 9.18 Å². The molecule has 6 nitrogen and oxygen atoms in total. The summed E-state index contributed by atoms with van der Waals surface area (Å²) in [7, 11) is 0. The minimum atomic E-state index is -0.288. The van der Waals surface area contributed by atoms with Crippen molar-refractivity contribution in [2.75, 3.05) is 36.5 Å². The predicted molar refractivity (Wildman–Crippen MR) is 112 cm³/mol. The van der Waals surface area contributed by atoms with Crippen molar-refractivity contribution in [3.63, 3.8) is 0 Å². The van der Waals surface area contributed by atoms with Gasteiger partial charge in [0.1, 0.15) is 24.0 Å². The highest BCUT2D eigenvalue weighted by Crippen LogP contribution is 2.19. The number of aromatic nitrogens is 1. The largest absolute Gasteiger partial charge is 0.489 e. The molecule has 30 heavy (non-hydrogen) atoms. The van der Waals surface area contributed by atoms with E-state index in [2.05, 4.69) is 15.2 Å². The first kappa shape index (κ1) is 19.8. The van der Waals surface area contributed by atoms with Gasteiger partial charge in [0.2, 0.25) is 0 Å². The predicted octanol–water partition coefficient (Wildman–Crippen LogP) is 3.89. The van der Waals surface area contributed by atoms with Gasteiger partial charge in [-0.05, 0) is 48.0 Å². The number of benzene rings is 2. The quantitative estimate of drug-likeness (QED) is 0.672. The van der Waals surface area contributed by atoms with Gasteiger partial charge in [-0.1, -0.05) is 18.2 Å². The number of halogens is 1. The van der Waals surface area contributed by atoms with Gasteiger partial charge in [-0.15, -0.1) is 0 Å². The van der Waals surface area contributed by atoms with Crippen molar-refractivity contribution < 1.29 is 18.7 Å². The van der Waals surface area contributed by atoms with Gasteiger partial charge in [-0.2, -0.15) is 0 Å². The third kappa shape index (κ3) is 5.12. The number of amides is 1. The first-order chi connectivity index (χ1) is 14.7. The summed E-state index contributed by atoms with van der Waals surface area (Å²) >= 11 is 0. The van der Waals surface area contributed by atoms with E-state index in [4.69, 9.17) is 9.47 Å². The van der Waals surface area contributed by atoms with Crippen LogP contribution in [0.1, 0.15) is 15.9 Å². The molecule has 4 rings (SSSR count). The number of hydrogen-bond donors (Lipinski definition) is 1. The van der Waals surface area contributed by atoms with Crippen LogP contribution in [0.15, 0.2) is 66.9 Å². The van der Waals surface area contributed by atoms with Gasteiger partial charge in [0, 0.05) is 18.7 Å². The lowest BCUT2D eigenvalue weighted by Crippen LogP contribution is -2.36. The first-order valence-electron chi connectivity index (χ1n) is 9.75. The Morgan fingerprint density at radius 2 is 1.90 bits per heavy atom. The van der Waals surface area contributed by atoms with Gasteiger partial charge in [-0.3, -0.25) is 4.79 Å². The van der Waals surface area contributed by atoms with E-state index < -0.39 is 0 Å². The second-order valence-corrected chi connectivity index (χ2v) is 6.90. The number of hydrogen-bond acceptors (Lipinski definition) is 5. The van der Waals surface area contributed by atoms with Crippen molar-refractivity contribution in [2.45, 2.75) is 6.61 Å². The summed E-state index contributed by atoms with van der Waals surface area (Å²) in [5.74, 6) is 0.482. The van der Waals surface area contributed by atoms with Crippen LogP contribution in [0, 0.1) is 5.82 Å². The Bertz CT molecular complexity index is 987. The van der Waals surface area contributed by atoms with Crippen molar-refractivity contribution in [1.29, 1.82) is 0 Å². The molecule has 154 valence electrons. The molecule has 2 aromatic carbocycles. The molecule has 2 heterocycles. The van der Waals surface area contributed by atoms with E-state index in [1.54, 1.807) is 48.7 Å². The maximum Gasteiger partial charge on any atom is 0.256 e. The van der Waals surface area contributed by atoms with Gasteiger partial charge >= 0.3 is 0 Å². The lowest BCUT2D eigenvalue weighted by atomic mass is 10.2. The number of ether oxygens (including phenoxy) is 2. The zero-order valence-corrected chi connectivity index (χ0v) is 16.4. The normalized spacial score (nSPS) is 13.7. The molecular formula is C23H22FN3O3. The van der Waals surface area contributed by atoms with E-state index in [1.807, 2.05) is 6.07 Å². The van der Waals surface area contributed by atoms with Crippen LogP contribution in [0.2, 0.25) is 0 Å². The SMILES string of the molecule is O=C(Nc1ccc(N2CCOCC2)cn1)c1cccc(OCc2ccc(F)cc2)c1. The molecular weight excluding hydrogens is 385 g/mol. The molecule has 1 aliphatic heterocycles. The number of morpholine rings is 1.